The van der Waals surface area contributed by atoms with E-state index in [-0.39, 0.29) is 48.5 Å². The van der Waals surface area contributed by atoms with Gasteiger partial charge in [-0.1, -0.05) is 30.9 Å². The lowest BCUT2D eigenvalue weighted by atomic mass is 9.99. The van der Waals surface area contributed by atoms with Gasteiger partial charge in [-0.25, -0.2) is 9.37 Å². The molecule has 0 fully saturated rings. The van der Waals surface area contributed by atoms with Crippen LogP contribution in [0.1, 0.15) is 47.1 Å². The van der Waals surface area contributed by atoms with Gasteiger partial charge in [0.25, 0.3) is 11.8 Å². The number of rotatable bonds is 5. The Balaban J connectivity index is 1.96. The summed E-state index contributed by atoms with van der Waals surface area (Å²) in [7, 11) is 1.56. The van der Waals surface area contributed by atoms with Crippen molar-refractivity contribution >= 4 is 11.8 Å². The van der Waals surface area contributed by atoms with Gasteiger partial charge in [0.15, 0.2) is 0 Å². The fourth-order valence-electron chi connectivity index (χ4n) is 3.77. The van der Waals surface area contributed by atoms with E-state index >= 15 is 0 Å². The van der Waals surface area contributed by atoms with Gasteiger partial charge < -0.3 is 24.7 Å². The molecule has 1 aromatic carbocycles. The lowest BCUT2D eigenvalue weighted by Gasteiger charge is -2.37. The largest absolute Gasteiger partial charge is 0.472 e. The predicted molar refractivity (Wildman–Crippen MR) is 127 cm³/mol. The minimum absolute atomic E-state index is 0.0425. The van der Waals surface area contributed by atoms with E-state index in [2.05, 4.69) is 16.8 Å². The number of aliphatic hydroxyl groups is 2. The van der Waals surface area contributed by atoms with Gasteiger partial charge in [-0.2, -0.15) is 0 Å². The maximum absolute atomic E-state index is 14.2. The second kappa shape index (κ2) is 11.3. The summed E-state index contributed by atoms with van der Waals surface area (Å²) in [6.07, 6.45) is 0.0271. The summed E-state index contributed by atoms with van der Waals surface area (Å²) < 4.78 is 20.3. The topological polar surface area (TPSA) is 103 Å². The highest BCUT2D eigenvalue weighted by atomic mass is 19.1. The van der Waals surface area contributed by atoms with Gasteiger partial charge >= 0.3 is 0 Å². The lowest BCUT2D eigenvalue weighted by Crippen LogP contribution is -2.50. The molecule has 4 atom stereocenters. The number of aliphatic hydroxyl groups excluding tert-OH is 2. The summed E-state index contributed by atoms with van der Waals surface area (Å²) in [5.74, 6) is 3.76. The molecule has 8 nitrogen and oxygen atoms in total. The molecule has 2 heterocycles. The smallest absolute Gasteiger partial charge is 0.259 e. The molecule has 186 valence electrons. The molecule has 1 aromatic heterocycles. The average molecular weight is 484 g/mol. The molecular formula is C26H30FN3O5. The Kier molecular flexibility index (Phi) is 8.43. The van der Waals surface area contributed by atoms with Gasteiger partial charge in [-0.15, -0.1) is 0 Å². The zero-order valence-electron chi connectivity index (χ0n) is 20.2. The molecule has 9 heteroatoms. The number of nitrogens with zero attached hydrogens (tertiary/aromatic N) is 3. The molecule has 35 heavy (non-hydrogen) atoms. The zero-order valence-corrected chi connectivity index (χ0v) is 20.2. The molecule has 0 saturated carbocycles. The molecule has 2 amide bonds. The molecule has 0 radical (unpaired) electrons. The second-order valence-electron chi connectivity index (χ2n) is 8.81. The van der Waals surface area contributed by atoms with Crippen LogP contribution in [0, 0.1) is 23.6 Å². The van der Waals surface area contributed by atoms with Crippen LogP contribution in [0.2, 0.25) is 0 Å². The number of carbonyl (C=O) groups is 2. The first-order chi connectivity index (χ1) is 16.6. The predicted octanol–water partition coefficient (Wildman–Crippen LogP) is 1.95. The summed E-state index contributed by atoms with van der Waals surface area (Å²) in [5, 5.41) is 19.2. The molecule has 1 aliphatic rings. The number of halogens is 1. The monoisotopic (exact) mass is 483 g/mol. The van der Waals surface area contributed by atoms with E-state index in [4.69, 9.17) is 4.74 Å². The fourth-order valence-corrected chi connectivity index (χ4v) is 3.77. The molecule has 0 aliphatic carbocycles. The van der Waals surface area contributed by atoms with Gasteiger partial charge in [0.1, 0.15) is 23.6 Å². The van der Waals surface area contributed by atoms with Gasteiger partial charge in [-0.05, 0) is 32.0 Å². The maximum Gasteiger partial charge on any atom is 0.259 e. The first-order valence-electron chi connectivity index (χ1n) is 11.4. The summed E-state index contributed by atoms with van der Waals surface area (Å²) in [6, 6.07) is 6.83. The van der Waals surface area contributed by atoms with E-state index in [1.807, 2.05) is 6.92 Å². The van der Waals surface area contributed by atoms with Crippen LogP contribution in [0.3, 0.4) is 0 Å². The van der Waals surface area contributed by atoms with Gasteiger partial charge in [0.2, 0.25) is 5.88 Å². The highest BCUT2D eigenvalue weighted by Gasteiger charge is 2.35. The van der Waals surface area contributed by atoms with Crippen molar-refractivity contribution in [2.75, 3.05) is 26.7 Å². The lowest BCUT2D eigenvalue weighted by molar-refractivity contribution is 0.0312. The third kappa shape index (κ3) is 6.15. The molecular weight excluding hydrogens is 453 g/mol. The number of ether oxygens (including phenoxy) is 1. The van der Waals surface area contributed by atoms with Crippen molar-refractivity contribution < 1.29 is 28.9 Å². The quantitative estimate of drug-likeness (QED) is 0.631. The summed E-state index contributed by atoms with van der Waals surface area (Å²) in [5.41, 5.74) is 0.553. The van der Waals surface area contributed by atoms with Crippen LogP contribution >= 0.6 is 0 Å². The summed E-state index contributed by atoms with van der Waals surface area (Å²) >= 11 is 0. The van der Waals surface area contributed by atoms with Crippen LogP contribution < -0.4 is 4.74 Å². The minimum atomic E-state index is -0.845. The first kappa shape index (κ1) is 26.1. The van der Waals surface area contributed by atoms with Crippen LogP contribution in [-0.2, 0) is 0 Å². The minimum Gasteiger partial charge on any atom is -0.472 e. The number of amides is 2. The Morgan fingerprint density at radius 2 is 2.09 bits per heavy atom. The molecule has 0 unspecified atom stereocenters. The number of likely N-dealkylation sites (N-methyl/N-ethyl adjacent to an activating group) is 1. The molecule has 0 bridgehead atoms. The van der Waals surface area contributed by atoms with E-state index in [0.717, 1.165) is 0 Å². The summed E-state index contributed by atoms with van der Waals surface area (Å²) in [4.78, 5) is 33.5. The average Bonchev–Trinajstić information content (AvgIpc) is 2.84. The molecule has 1 aliphatic heterocycles. The van der Waals surface area contributed by atoms with E-state index in [9.17, 15) is 24.2 Å². The molecule has 0 saturated heterocycles. The standard InChI is InChI=1S/C26H30FN3O5/c1-16-13-30(17(2)15-31)26(34)21-11-19(10-9-18(3)32)12-28-24(21)35-23(16)14-29(4)25(33)20-7-5-6-8-22(20)27/h5-8,11-12,16-18,23,31-32H,13-15H2,1-4H3/t16-,17-,18-,23+/m1/s1. The van der Waals surface area contributed by atoms with Crippen LogP contribution in [0.15, 0.2) is 36.5 Å². The van der Waals surface area contributed by atoms with Crippen LogP contribution in [0.25, 0.3) is 0 Å². The molecule has 3 rings (SSSR count). The Morgan fingerprint density at radius 1 is 1.37 bits per heavy atom. The van der Waals surface area contributed by atoms with Crippen molar-refractivity contribution in [1.29, 1.82) is 0 Å². The van der Waals surface area contributed by atoms with E-state index < -0.39 is 30.0 Å². The third-order valence-electron chi connectivity index (χ3n) is 5.85. The van der Waals surface area contributed by atoms with Crippen molar-refractivity contribution in [1.82, 2.24) is 14.8 Å². The van der Waals surface area contributed by atoms with Crippen molar-refractivity contribution in [3.05, 3.63) is 59.0 Å². The van der Waals surface area contributed by atoms with Crippen molar-refractivity contribution in [2.45, 2.75) is 39.0 Å². The normalized spacial score (nSPS) is 19.3. The number of hydrogen-bond donors (Lipinski definition) is 2. The van der Waals surface area contributed by atoms with E-state index in [1.54, 1.807) is 31.0 Å². The Morgan fingerprint density at radius 3 is 2.74 bits per heavy atom. The number of benzene rings is 1. The number of hydrogen-bond acceptors (Lipinski definition) is 6. The number of pyridine rings is 1. The van der Waals surface area contributed by atoms with E-state index in [0.29, 0.717) is 5.56 Å². The first-order valence-corrected chi connectivity index (χ1v) is 11.4. The highest BCUT2D eigenvalue weighted by Crippen LogP contribution is 2.27. The Labute approximate surface area is 204 Å². The fraction of sp³-hybridized carbons (Fsp3) is 0.423. The molecule has 0 spiro atoms. The zero-order chi connectivity index (χ0) is 25.7. The SMILES string of the molecule is C[C@@H]1CN([C@H](C)CO)C(=O)c2cc(C#C[C@@H](C)O)cnc2O[C@H]1CN(C)C(=O)c1ccccc1F. The molecule has 2 N–H and O–H groups in total. The number of carbonyl (C=O) groups excluding carboxylic acids is 2. The Hall–Kier alpha value is -3.48. The summed E-state index contributed by atoms with van der Waals surface area (Å²) in [6.45, 7) is 5.28. The van der Waals surface area contributed by atoms with Crippen LogP contribution in [0.5, 0.6) is 5.88 Å². The number of fused-ring (bicyclic) bond motifs is 1. The Bertz CT molecular complexity index is 1140. The van der Waals surface area contributed by atoms with E-state index in [1.165, 1.54) is 36.2 Å². The van der Waals surface area contributed by atoms with Crippen LogP contribution in [0.4, 0.5) is 4.39 Å². The maximum atomic E-state index is 14.2. The third-order valence-corrected chi connectivity index (χ3v) is 5.85. The van der Waals surface area contributed by atoms with Gasteiger partial charge in [0, 0.05) is 31.3 Å². The number of aromatic nitrogens is 1. The van der Waals surface area contributed by atoms with Crippen molar-refractivity contribution in [3.63, 3.8) is 0 Å². The van der Waals surface area contributed by atoms with Gasteiger partial charge in [-0.3, -0.25) is 9.59 Å². The van der Waals surface area contributed by atoms with Crippen molar-refractivity contribution in [3.8, 4) is 17.7 Å². The molecule has 2 aromatic rings. The van der Waals surface area contributed by atoms with Crippen molar-refractivity contribution in [2.24, 2.45) is 5.92 Å². The highest BCUT2D eigenvalue weighted by molar-refractivity contribution is 5.97. The second-order valence-corrected chi connectivity index (χ2v) is 8.81. The van der Waals surface area contributed by atoms with Crippen LogP contribution in [-0.4, -0.2) is 81.8 Å². The van der Waals surface area contributed by atoms with Gasteiger partial charge in [0.05, 0.1) is 24.8 Å².